The zero-order valence-corrected chi connectivity index (χ0v) is 5.61. The highest BCUT2D eigenvalue weighted by atomic mass is 15.2. The Balaban J connectivity index is 0. The van der Waals surface area contributed by atoms with Gasteiger partial charge >= 0.3 is 0 Å². The first kappa shape index (κ1) is 10.8. The van der Waals surface area contributed by atoms with Gasteiger partial charge in [-0.25, -0.2) is 0 Å². The molecule has 0 bridgehead atoms. The molecule has 6 N–H and O–H groups in total. The molecule has 0 spiro atoms. The Bertz CT molecular complexity index is 26.9. The molecule has 0 aromatic carbocycles. The summed E-state index contributed by atoms with van der Waals surface area (Å²) in [5, 5.41) is 0. The highest BCUT2D eigenvalue weighted by Crippen LogP contribution is 1.89. The summed E-state index contributed by atoms with van der Waals surface area (Å²) in [5.41, 5.74) is 2.60. The summed E-state index contributed by atoms with van der Waals surface area (Å²) in [7, 11) is 0. The molecule has 0 aromatic heterocycles. The van der Waals surface area contributed by atoms with Crippen LogP contribution in [0.25, 0.3) is 0 Å². The molecule has 8 heavy (non-hydrogen) atoms. The van der Waals surface area contributed by atoms with Gasteiger partial charge in [-0.2, -0.15) is 0 Å². The first-order valence-electron chi connectivity index (χ1n) is 2.85. The maximum absolute atomic E-state index is 5.02. The predicted molar refractivity (Wildman–Crippen MR) is 36.7 cm³/mol. The van der Waals surface area contributed by atoms with Crippen LogP contribution in [-0.4, -0.2) is 6.54 Å². The van der Waals surface area contributed by atoms with E-state index in [0.717, 1.165) is 6.54 Å². The Morgan fingerprint density at radius 2 is 2.00 bits per heavy atom. The third kappa shape index (κ3) is 9.30. The largest absolute Gasteiger partial charge is 0.344 e. The maximum Gasteiger partial charge on any atom is 0.00974 e. The quantitative estimate of drug-likeness (QED) is 0.291. The van der Waals surface area contributed by atoms with Gasteiger partial charge in [0.15, 0.2) is 0 Å². The van der Waals surface area contributed by atoms with Crippen LogP contribution in [0.5, 0.6) is 0 Å². The van der Waals surface area contributed by atoms with E-state index in [1.54, 1.807) is 0 Å². The Kier molecular flexibility index (Phi) is 13.5. The van der Waals surface area contributed by atoms with E-state index in [4.69, 9.17) is 5.84 Å². The van der Waals surface area contributed by atoms with E-state index in [2.05, 4.69) is 12.3 Å². The summed E-state index contributed by atoms with van der Waals surface area (Å²) in [5.74, 6) is 5.02. The molecule has 0 aliphatic heterocycles. The van der Waals surface area contributed by atoms with Crippen LogP contribution < -0.4 is 17.4 Å². The van der Waals surface area contributed by atoms with Gasteiger partial charge in [0.05, 0.1) is 0 Å². The van der Waals surface area contributed by atoms with Crippen molar-refractivity contribution < 1.29 is 0 Å². The molecule has 0 saturated carbocycles. The van der Waals surface area contributed by atoms with Crippen molar-refractivity contribution in [2.75, 3.05) is 6.54 Å². The van der Waals surface area contributed by atoms with Crippen LogP contribution in [0.1, 0.15) is 26.2 Å². The van der Waals surface area contributed by atoms with Crippen molar-refractivity contribution in [3.8, 4) is 0 Å². The second-order valence-corrected chi connectivity index (χ2v) is 1.66. The maximum atomic E-state index is 5.02. The minimum absolute atomic E-state index is 0. The normalized spacial score (nSPS) is 8.25. The number of nitrogens with one attached hydrogen (secondary N) is 1. The van der Waals surface area contributed by atoms with Gasteiger partial charge in [-0.05, 0) is 6.42 Å². The molecular formula is C5H17N3. The average molecular weight is 119 g/mol. The summed E-state index contributed by atoms with van der Waals surface area (Å²) in [6, 6.07) is 0. The van der Waals surface area contributed by atoms with Gasteiger partial charge in [-0.15, -0.1) is 0 Å². The number of nitrogens with two attached hydrogens (primary N) is 1. The smallest absolute Gasteiger partial charge is 0.00974 e. The second kappa shape index (κ2) is 9.99. The second-order valence-electron chi connectivity index (χ2n) is 1.66. The molecule has 0 amide bonds. The molecule has 0 atom stereocenters. The van der Waals surface area contributed by atoms with E-state index in [-0.39, 0.29) is 6.15 Å². The molecule has 0 rings (SSSR count). The van der Waals surface area contributed by atoms with Crippen molar-refractivity contribution in [2.24, 2.45) is 5.84 Å². The molecule has 0 unspecified atom stereocenters. The van der Waals surface area contributed by atoms with Crippen molar-refractivity contribution in [3.63, 3.8) is 0 Å². The molecule has 0 aliphatic carbocycles. The number of hydrogen-bond donors (Lipinski definition) is 3. The number of hydrazine groups is 1. The van der Waals surface area contributed by atoms with Crippen molar-refractivity contribution in [3.05, 3.63) is 0 Å². The third-order valence-electron chi connectivity index (χ3n) is 0.925. The molecule has 52 valence electrons. The fourth-order valence-corrected chi connectivity index (χ4v) is 0.477. The number of unbranched alkanes of at least 4 members (excludes halogenated alkanes) is 2. The van der Waals surface area contributed by atoms with Gasteiger partial charge < -0.3 is 6.15 Å². The van der Waals surface area contributed by atoms with E-state index in [1.165, 1.54) is 19.3 Å². The molecule has 3 nitrogen and oxygen atoms in total. The van der Waals surface area contributed by atoms with Gasteiger partial charge in [0.25, 0.3) is 0 Å². The highest BCUT2D eigenvalue weighted by Gasteiger charge is 1.79. The van der Waals surface area contributed by atoms with Gasteiger partial charge in [-0.3, -0.25) is 11.3 Å². The van der Waals surface area contributed by atoms with Crippen molar-refractivity contribution in [1.82, 2.24) is 11.6 Å². The molecule has 3 heteroatoms. The van der Waals surface area contributed by atoms with E-state index in [9.17, 15) is 0 Å². The Hall–Kier alpha value is -0.120. The average Bonchev–Trinajstić information content (AvgIpc) is 1.69. The Morgan fingerprint density at radius 3 is 2.38 bits per heavy atom. The number of hydrogen-bond acceptors (Lipinski definition) is 3. The molecule has 0 aromatic rings. The molecule has 0 saturated heterocycles. The van der Waals surface area contributed by atoms with Crippen molar-refractivity contribution in [1.29, 1.82) is 0 Å². The third-order valence-corrected chi connectivity index (χ3v) is 0.925. The van der Waals surface area contributed by atoms with Gasteiger partial charge in [0, 0.05) is 6.54 Å². The lowest BCUT2D eigenvalue weighted by molar-refractivity contribution is 0.637. The van der Waals surface area contributed by atoms with Crippen LogP contribution >= 0.6 is 0 Å². The first-order chi connectivity index (χ1) is 3.41. The van der Waals surface area contributed by atoms with Crippen LogP contribution in [0.3, 0.4) is 0 Å². The standard InChI is InChI=1S/C5H14N2.H3N/c1-2-3-4-5-7-6;/h7H,2-6H2,1H3;1H3. The van der Waals surface area contributed by atoms with Crippen LogP contribution in [0.2, 0.25) is 0 Å². The van der Waals surface area contributed by atoms with Gasteiger partial charge in [0.2, 0.25) is 0 Å². The zero-order valence-electron chi connectivity index (χ0n) is 5.61. The lowest BCUT2D eigenvalue weighted by Crippen LogP contribution is -2.22. The lowest BCUT2D eigenvalue weighted by atomic mass is 10.3. The van der Waals surface area contributed by atoms with Crippen molar-refractivity contribution >= 4 is 0 Å². The fraction of sp³-hybridized carbons (Fsp3) is 1.00. The minimum atomic E-state index is 0. The van der Waals surface area contributed by atoms with Crippen LogP contribution in [0.15, 0.2) is 0 Å². The Labute approximate surface area is 51.2 Å². The molecular weight excluding hydrogens is 102 g/mol. The molecule has 0 aliphatic rings. The Morgan fingerprint density at radius 1 is 1.38 bits per heavy atom. The van der Waals surface area contributed by atoms with Gasteiger partial charge in [0.1, 0.15) is 0 Å². The summed E-state index contributed by atoms with van der Waals surface area (Å²) < 4.78 is 0. The summed E-state index contributed by atoms with van der Waals surface area (Å²) in [6.45, 7) is 3.13. The van der Waals surface area contributed by atoms with E-state index >= 15 is 0 Å². The highest BCUT2D eigenvalue weighted by molar-refractivity contribution is 4.37. The topological polar surface area (TPSA) is 73.0 Å². The molecule has 0 heterocycles. The summed E-state index contributed by atoms with van der Waals surface area (Å²) in [6.07, 6.45) is 3.75. The van der Waals surface area contributed by atoms with E-state index in [1.807, 2.05) is 0 Å². The van der Waals surface area contributed by atoms with Gasteiger partial charge in [-0.1, -0.05) is 19.8 Å². The minimum Gasteiger partial charge on any atom is -0.344 e. The summed E-state index contributed by atoms with van der Waals surface area (Å²) >= 11 is 0. The molecule has 0 fully saturated rings. The van der Waals surface area contributed by atoms with E-state index in [0.29, 0.717) is 0 Å². The predicted octanol–water partition coefficient (Wildman–Crippen LogP) is 0.802. The lowest BCUT2D eigenvalue weighted by Gasteiger charge is -1.93. The van der Waals surface area contributed by atoms with Crippen LogP contribution in [0, 0.1) is 0 Å². The van der Waals surface area contributed by atoms with Crippen LogP contribution in [-0.2, 0) is 0 Å². The SMILES string of the molecule is CCCCCNN.N. The van der Waals surface area contributed by atoms with Crippen molar-refractivity contribution in [2.45, 2.75) is 26.2 Å². The summed E-state index contributed by atoms with van der Waals surface area (Å²) in [4.78, 5) is 0. The zero-order chi connectivity index (χ0) is 5.54. The number of rotatable bonds is 4. The van der Waals surface area contributed by atoms with E-state index < -0.39 is 0 Å². The molecule has 0 radical (unpaired) electrons. The van der Waals surface area contributed by atoms with Crippen LogP contribution in [0.4, 0.5) is 0 Å². The fourth-order valence-electron chi connectivity index (χ4n) is 0.477. The monoisotopic (exact) mass is 119 g/mol. The first-order valence-corrected chi connectivity index (χ1v) is 2.85.